The van der Waals surface area contributed by atoms with Crippen LogP contribution < -0.4 is 0 Å². The molecule has 0 spiro atoms. The van der Waals surface area contributed by atoms with E-state index in [2.05, 4.69) is 15.2 Å². The lowest BCUT2D eigenvalue weighted by atomic mass is 10.0. The summed E-state index contributed by atoms with van der Waals surface area (Å²) >= 11 is 0. The second kappa shape index (κ2) is 5.47. The molecular formula is C18H13F3N4. The van der Waals surface area contributed by atoms with Crippen molar-refractivity contribution in [2.24, 2.45) is 7.05 Å². The molecule has 2 aromatic carbocycles. The van der Waals surface area contributed by atoms with Gasteiger partial charge in [-0.25, -0.2) is 4.98 Å². The van der Waals surface area contributed by atoms with Crippen LogP contribution in [0, 0.1) is 0 Å². The molecule has 0 atom stereocenters. The highest BCUT2D eigenvalue weighted by atomic mass is 19.4. The Bertz CT molecular complexity index is 1040. The van der Waals surface area contributed by atoms with Gasteiger partial charge in [-0.1, -0.05) is 18.2 Å². The minimum Gasteiger partial charge on any atom is -0.334 e. The molecule has 2 heterocycles. The molecule has 0 radical (unpaired) electrons. The molecule has 4 aromatic rings. The molecule has 1 N–H and O–H groups in total. The Morgan fingerprint density at radius 3 is 2.44 bits per heavy atom. The summed E-state index contributed by atoms with van der Waals surface area (Å²) < 4.78 is 40.1. The lowest BCUT2D eigenvalue weighted by Gasteiger charge is -2.08. The number of nitrogens with zero attached hydrogens (tertiary/aromatic N) is 3. The highest BCUT2D eigenvalue weighted by molar-refractivity contribution is 5.87. The van der Waals surface area contributed by atoms with Crippen LogP contribution >= 0.6 is 0 Å². The number of aryl methyl sites for hydroxylation is 1. The molecule has 0 aliphatic heterocycles. The molecule has 0 saturated carbocycles. The van der Waals surface area contributed by atoms with E-state index in [1.165, 1.54) is 12.1 Å². The van der Waals surface area contributed by atoms with E-state index in [1.54, 1.807) is 12.5 Å². The van der Waals surface area contributed by atoms with Gasteiger partial charge in [0.05, 0.1) is 34.8 Å². The Morgan fingerprint density at radius 1 is 1.00 bits per heavy atom. The lowest BCUT2D eigenvalue weighted by Crippen LogP contribution is -2.04. The Labute approximate surface area is 140 Å². The number of aromatic nitrogens is 4. The summed E-state index contributed by atoms with van der Waals surface area (Å²) in [4.78, 5) is 4.29. The van der Waals surface area contributed by atoms with Crippen molar-refractivity contribution >= 4 is 11.0 Å². The molecule has 4 rings (SSSR count). The third-order valence-corrected chi connectivity index (χ3v) is 4.18. The second-order valence-corrected chi connectivity index (χ2v) is 5.79. The van der Waals surface area contributed by atoms with Gasteiger partial charge in [-0.2, -0.15) is 18.3 Å². The second-order valence-electron chi connectivity index (χ2n) is 5.79. The fourth-order valence-electron chi connectivity index (χ4n) is 2.84. The van der Waals surface area contributed by atoms with Crippen LogP contribution in [-0.2, 0) is 13.2 Å². The van der Waals surface area contributed by atoms with Crippen molar-refractivity contribution in [1.29, 1.82) is 0 Å². The largest absolute Gasteiger partial charge is 0.416 e. The minimum absolute atomic E-state index is 0.644. The highest BCUT2D eigenvalue weighted by Crippen LogP contribution is 2.34. The molecule has 126 valence electrons. The summed E-state index contributed by atoms with van der Waals surface area (Å²) in [6.07, 6.45) is -0.939. The number of halogens is 3. The fourth-order valence-corrected chi connectivity index (χ4v) is 2.84. The molecular weight excluding hydrogens is 329 g/mol. The Balaban J connectivity index is 1.78. The first-order valence-corrected chi connectivity index (χ1v) is 7.56. The third-order valence-electron chi connectivity index (χ3n) is 4.18. The Morgan fingerprint density at radius 2 is 1.72 bits per heavy atom. The van der Waals surface area contributed by atoms with Crippen LogP contribution in [0.2, 0.25) is 0 Å². The minimum atomic E-state index is -4.35. The zero-order chi connectivity index (χ0) is 17.6. The molecule has 0 fully saturated rings. The van der Waals surface area contributed by atoms with Gasteiger partial charge in [-0.15, -0.1) is 0 Å². The SMILES string of the molecule is Cn1cnc2ccc(-c3cn[nH]c3-c3ccc(C(F)(F)F)cc3)cc21. The van der Waals surface area contributed by atoms with E-state index in [4.69, 9.17) is 0 Å². The van der Waals surface area contributed by atoms with Crippen LogP contribution in [0.15, 0.2) is 55.0 Å². The van der Waals surface area contributed by atoms with E-state index >= 15 is 0 Å². The molecule has 0 unspecified atom stereocenters. The maximum Gasteiger partial charge on any atom is 0.416 e. The topological polar surface area (TPSA) is 46.5 Å². The van der Waals surface area contributed by atoms with Gasteiger partial charge in [0.15, 0.2) is 0 Å². The molecule has 0 saturated heterocycles. The van der Waals surface area contributed by atoms with E-state index < -0.39 is 11.7 Å². The van der Waals surface area contributed by atoms with E-state index in [9.17, 15) is 13.2 Å². The van der Waals surface area contributed by atoms with Crippen molar-refractivity contribution in [2.45, 2.75) is 6.18 Å². The molecule has 0 bridgehead atoms. The number of alkyl halides is 3. The van der Waals surface area contributed by atoms with Crippen LogP contribution in [0.5, 0.6) is 0 Å². The zero-order valence-corrected chi connectivity index (χ0v) is 13.2. The average Bonchev–Trinajstić information content (AvgIpc) is 3.21. The summed E-state index contributed by atoms with van der Waals surface area (Å²) in [7, 11) is 1.91. The van der Waals surface area contributed by atoms with Gasteiger partial charge in [0.1, 0.15) is 0 Å². The first-order chi connectivity index (χ1) is 11.9. The van der Waals surface area contributed by atoms with Crippen LogP contribution in [-0.4, -0.2) is 19.7 Å². The number of benzene rings is 2. The number of hydrogen-bond donors (Lipinski definition) is 1. The summed E-state index contributed by atoms with van der Waals surface area (Å²) in [5, 5.41) is 6.95. The quantitative estimate of drug-likeness (QED) is 0.576. The van der Waals surface area contributed by atoms with Crippen molar-refractivity contribution in [1.82, 2.24) is 19.7 Å². The maximum absolute atomic E-state index is 12.7. The van der Waals surface area contributed by atoms with E-state index in [0.29, 0.717) is 11.3 Å². The van der Waals surface area contributed by atoms with E-state index in [1.807, 2.05) is 29.8 Å². The zero-order valence-electron chi connectivity index (χ0n) is 13.2. The number of hydrogen-bond acceptors (Lipinski definition) is 2. The molecule has 25 heavy (non-hydrogen) atoms. The average molecular weight is 342 g/mol. The number of imidazole rings is 1. The smallest absolute Gasteiger partial charge is 0.334 e. The van der Waals surface area contributed by atoms with Crippen molar-refractivity contribution in [2.75, 3.05) is 0 Å². The number of H-pyrrole nitrogens is 1. The predicted molar refractivity (Wildman–Crippen MR) is 88.7 cm³/mol. The van der Waals surface area contributed by atoms with E-state index in [0.717, 1.165) is 34.3 Å². The van der Waals surface area contributed by atoms with E-state index in [-0.39, 0.29) is 0 Å². The Hall–Kier alpha value is -3.09. The molecule has 0 aliphatic carbocycles. The summed E-state index contributed by atoms with van der Waals surface area (Å²) in [5.41, 5.74) is 4.24. The molecule has 4 nitrogen and oxygen atoms in total. The lowest BCUT2D eigenvalue weighted by molar-refractivity contribution is -0.137. The molecule has 2 aromatic heterocycles. The predicted octanol–water partition coefficient (Wildman–Crippen LogP) is 4.65. The summed E-state index contributed by atoms with van der Waals surface area (Å²) in [6.45, 7) is 0. The standard InChI is InChI=1S/C18H13F3N4/c1-25-10-22-15-7-4-12(8-16(15)25)14-9-23-24-17(14)11-2-5-13(6-3-11)18(19,20)21/h2-10H,1H3,(H,23,24). The molecule has 0 aliphatic rings. The fraction of sp³-hybridized carbons (Fsp3) is 0.111. The van der Waals surface area contributed by atoms with Crippen LogP contribution in [0.4, 0.5) is 13.2 Å². The monoisotopic (exact) mass is 342 g/mol. The normalized spacial score (nSPS) is 12.0. The molecule has 0 amide bonds. The van der Waals surface area contributed by atoms with Gasteiger partial charge < -0.3 is 4.57 Å². The van der Waals surface area contributed by atoms with Gasteiger partial charge in [-0.3, -0.25) is 5.10 Å². The highest BCUT2D eigenvalue weighted by Gasteiger charge is 2.30. The van der Waals surface area contributed by atoms with Gasteiger partial charge in [0, 0.05) is 18.2 Å². The first-order valence-electron chi connectivity index (χ1n) is 7.56. The van der Waals surface area contributed by atoms with Crippen molar-refractivity contribution < 1.29 is 13.2 Å². The van der Waals surface area contributed by atoms with Gasteiger partial charge in [0.25, 0.3) is 0 Å². The van der Waals surface area contributed by atoms with Gasteiger partial charge in [-0.05, 0) is 29.8 Å². The van der Waals surface area contributed by atoms with Crippen molar-refractivity contribution in [3.63, 3.8) is 0 Å². The van der Waals surface area contributed by atoms with Crippen LogP contribution in [0.1, 0.15) is 5.56 Å². The number of fused-ring (bicyclic) bond motifs is 1. The third kappa shape index (κ3) is 2.67. The maximum atomic E-state index is 12.7. The first kappa shape index (κ1) is 15.4. The number of aromatic amines is 1. The Kier molecular flexibility index (Phi) is 3.38. The summed E-state index contributed by atoms with van der Waals surface area (Å²) in [5.74, 6) is 0. The number of rotatable bonds is 2. The summed E-state index contributed by atoms with van der Waals surface area (Å²) in [6, 6.07) is 10.9. The number of nitrogens with one attached hydrogen (secondary N) is 1. The van der Waals surface area contributed by atoms with Crippen LogP contribution in [0.25, 0.3) is 33.4 Å². The van der Waals surface area contributed by atoms with Gasteiger partial charge in [0.2, 0.25) is 0 Å². The van der Waals surface area contributed by atoms with Crippen LogP contribution in [0.3, 0.4) is 0 Å². The molecule has 7 heteroatoms. The van der Waals surface area contributed by atoms with Crippen molar-refractivity contribution in [3.05, 3.63) is 60.6 Å². The van der Waals surface area contributed by atoms with Gasteiger partial charge >= 0.3 is 6.18 Å². The van der Waals surface area contributed by atoms with Crippen molar-refractivity contribution in [3.8, 4) is 22.4 Å².